The van der Waals surface area contributed by atoms with Gasteiger partial charge >= 0.3 is 11.9 Å². The lowest BCUT2D eigenvalue weighted by Crippen LogP contribution is -2.47. The molecule has 4 rings (SSSR count). The molecule has 0 aliphatic carbocycles. The van der Waals surface area contributed by atoms with Gasteiger partial charge in [-0.25, -0.2) is 9.59 Å². The normalized spacial score (nSPS) is 15.5. The molecule has 0 amide bonds. The van der Waals surface area contributed by atoms with Crippen LogP contribution in [0.5, 0.6) is 5.75 Å². The molecule has 1 aliphatic rings. The molecule has 0 spiro atoms. The quantitative estimate of drug-likeness (QED) is 0.336. The van der Waals surface area contributed by atoms with Crippen LogP contribution in [0.1, 0.15) is 36.7 Å². The summed E-state index contributed by atoms with van der Waals surface area (Å²) in [7, 11) is 0. The van der Waals surface area contributed by atoms with Crippen LogP contribution in [0, 0.1) is 0 Å². The highest BCUT2D eigenvalue weighted by atomic mass is 16.6. The lowest BCUT2D eigenvalue weighted by Gasteiger charge is -2.29. The third-order valence-corrected chi connectivity index (χ3v) is 6.55. The Morgan fingerprint density at radius 3 is 2.42 bits per heavy atom. The molecule has 1 fully saturated rings. The van der Waals surface area contributed by atoms with Crippen molar-refractivity contribution in [1.82, 2.24) is 10.2 Å². The Morgan fingerprint density at radius 2 is 1.73 bits per heavy atom. The van der Waals surface area contributed by atoms with Crippen LogP contribution in [0.3, 0.4) is 0 Å². The summed E-state index contributed by atoms with van der Waals surface area (Å²) in [4.78, 5) is 27.2. The van der Waals surface area contributed by atoms with Crippen LogP contribution in [-0.2, 0) is 14.3 Å². The van der Waals surface area contributed by atoms with Gasteiger partial charge in [-0.2, -0.15) is 0 Å². The van der Waals surface area contributed by atoms with E-state index in [2.05, 4.69) is 10.2 Å². The molecule has 3 aromatic carbocycles. The molecule has 1 heterocycles. The minimum Gasteiger partial charge on any atom is -0.489 e. The fourth-order valence-corrected chi connectivity index (χ4v) is 4.55. The average Bonchev–Trinajstić information content (AvgIpc) is 2.93. The van der Waals surface area contributed by atoms with E-state index in [-0.39, 0.29) is 12.2 Å². The number of carbonyl (C=O) groups excluding carboxylic acids is 1. The number of fused-ring (bicyclic) bond motifs is 1. The molecule has 0 aromatic heterocycles. The van der Waals surface area contributed by atoms with Gasteiger partial charge in [0.1, 0.15) is 24.0 Å². The molecule has 2 N–H and O–H groups in total. The summed E-state index contributed by atoms with van der Waals surface area (Å²) in [6.07, 6.45) is 1.87. The van der Waals surface area contributed by atoms with E-state index in [1.807, 2.05) is 69.3 Å². The van der Waals surface area contributed by atoms with Crippen molar-refractivity contribution in [2.75, 3.05) is 46.0 Å². The summed E-state index contributed by atoms with van der Waals surface area (Å²) in [5.41, 5.74) is 0.946. The van der Waals surface area contributed by atoms with Gasteiger partial charge in [0.25, 0.3) is 0 Å². The van der Waals surface area contributed by atoms with Gasteiger partial charge in [-0.15, -0.1) is 0 Å². The predicted octanol–water partition coefficient (Wildman–Crippen LogP) is 4.63. The first-order chi connectivity index (χ1) is 19.2. The second-order valence-corrected chi connectivity index (χ2v) is 10.8. The van der Waals surface area contributed by atoms with Crippen molar-refractivity contribution in [3.63, 3.8) is 0 Å². The monoisotopic (exact) mass is 546 g/mol. The first-order valence-electron chi connectivity index (χ1n) is 13.6. The highest BCUT2D eigenvalue weighted by molar-refractivity contribution is 5.89. The van der Waals surface area contributed by atoms with E-state index in [0.717, 1.165) is 36.0 Å². The maximum atomic E-state index is 13.5. The van der Waals surface area contributed by atoms with E-state index in [0.29, 0.717) is 31.1 Å². The summed E-state index contributed by atoms with van der Waals surface area (Å²) in [5.74, 6) is -0.683. The van der Waals surface area contributed by atoms with Crippen LogP contribution in [-0.4, -0.2) is 79.6 Å². The van der Waals surface area contributed by atoms with Crippen molar-refractivity contribution < 1.29 is 28.9 Å². The van der Waals surface area contributed by atoms with Gasteiger partial charge in [0.15, 0.2) is 0 Å². The highest BCUT2D eigenvalue weighted by Gasteiger charge is 2.29. The van der Waals surface area contributed by atoms with E-state index in [9.17, 15) is 14.7 Å². The maximum Gasteiger partial charge on any atom is 0.335 e. The molecule has 8 heteroatoms. The largest absolute Gasteiger partial charge is 0.489 e. The average molecular weight is 547 g/mol. The number of carbonyl (C=O) groups is 2. The van der Waals surface area contributed by atoms with Gasteiger partial charge in [-0.05, 0) is 55.5 Å². The van der Waals surface area contributed by atoms with E-state index in [4.69, 9.17) is 14.2 Å². The van der Waals surface area contributed by atoms with Crippen LogP contribution < -0.4 is 10.1 Å². The van der Waals surface area contributed by atoms with Crippen LogP contribution in [0.15, 0.2) is 72.3 Å². The Morgan fingerprint density at radius 1 is 1.02 bits per heavy atom. The molecule has 1 aliphatic heterocycles. The number of aromatic carboxylic acids is 1. The number of esters is 1. The maximum absolute atomic E-state index is 13.5. The number of benzene rings is 3. The number of nitrogens with one attached hydrogen (secondary N) is 1. The molecule has 8 nitrogen and oxygen atoms in total. The zero-order valence-electron chi connectivity index (χ0n) is 23.4. The van der Waals surface area contributed by atoms with Crippen LogP contribution >= 0.6 is 0 Å². The SMILES string of the molecule is CC(C)(C)OC(=O)C(NCCN1CCOCC1)/C(=C/c1ccc(C(=O)O)cc1)COc1cccc2ccccc12. The Balaban J connectivity index is 1.64. The first-order valence-corrected chi connectivity index (χ1v) is 13.6. The first kappa shape index (κ1) is 29.3. The number of hydrogen-bond acceptors (Lipinski definition) is 7. The number of rotatable bonds is 11. The Kier molecular flexibility index (Phi) is 9.93. The van der Waals surface area contributed by atoms with E-state index in [1.165, 1.54) is 0 Å². The molecule has 40 heavy (non-hydrogen) atoms. The molecule has 1 unspecified atom stereocenters. The number of carboxylic acid groups (broad SMARTS) is 1. The topological polar surface area (TPSA) is 97.3 Å². The lowest BCUT2D eigenvalue weighted by atomic mass is 10.0. The third kappa shape index (κ3) is 8.39. The van der Waals surface area contributed by atoms with Crippen LogP contribution in [0.25, 0.3) is 16.8 Å². The van der Waals surface area contributed by atoms with Gasteiger partial charge in [-0.3, -0.25) is 10.2 Å². The van der Waals surface area contributed by atoms with Gasteiger partial charge in [0, 0.05) is 31.6 Å². The lowest BCUT2D eigenvalue weighted by molar-refractivity contribution is -0.156. The number of carboxylic acids is 1. The molecular weight excluding hydrogens is 508 g/mol. The second kappa shape index (κ2) is 13.6. The molecule has 1 saturated heterocycles. The number of nitrogens with zero attached hydrogens (tertiary/aromatic N) is 1. The molecular formula is C32H38N2O6. The van der Waals surface area contributed by atoms with Crippen molar-refractivity contribution in [2.24, 2.45) is 0 Å². The zero-order chi connectivity index (χ0) is 28.5. The van der Waals surface area contributed by atoms with Crippen molar-refractivity contribution in [3.8, 4) is 5.75 Å². The standard InChI is InChI=1S/C32H38N2O6/c1-32(2,3)40-31(37)29(33-15-16-34-17-19-38-20-18-34)26(21-23-11-13-25(14-12-23)30(35)36)22-39-28-10-6-8-24-7-4-5-9-27(24)28/h4-14,21,29,33H,15-20,22H2,1-3H3,(H,35,36)/b26-21+. The van der Waals surface area contributed by atoms with Gasteiger partial charge in [-0.1, -0.05) is 54.6 Å². The van der Waals surface area contributed by atoms with Gasteiger partial charge in [0.2, 0.25) is 0 Å². The van der Waals surface area contributed by atoms with Crippen LogP contribution in [0.4, 0.5) is 0 Å². The summed E-state index contributed by atoms with van der Waals surface area (Å²) < 4.78 is 17.6. The number of hydrogen-bond donors (Lipinski definition) is 2. The molecule has 0 bridgehead atoms. The minimum atomic E-state index is -0.994. The summed E-state index contributed by atoms with van der Waals surface area (Å²) in [5, 5.41) is 14.8. The zero-order valence-corrected chi connectivity index (χ0v) is 23.4. The molecule has 0 saturated carbocycles. The smallest absolute Gasteiger partial charge is 0.335 e. The summed E-state index contributed by atoms with van der Waals surface area (Å²) >= 11 is 0. The highest BCUT2D eigenvalue weighted by Crippen LogP contribution is 2.26. The Hall–Kier alpha value is -3.72. The van der Waals surface area contributed by atoms with Crippen molar-refractivity contribution in [2.45, 2.75) is 32.4 Å². The van der Waals surface area contributed by atoms with E-state index < -0.39 is 23.6 Å². The van der Waals surface area contributed by atoms with Crippen molar-refractivity contribution in [3.05, 3.63) is 83.4 Å². The molecule has 212 valence electrons. The van der Waals surface area contributed by atoms with Gasteiger partial charge in [0.05, 0.1) is 18.8 Å². The molecule has 3 aromatic rings. The fraction of sp³-hybridized carbons (Fsp3) is 0.375. The van der Waals surface area contributed by atoms with Crippen molar-refractivity contribution >= 4 is 28.8 Å². The van der Waals surface area contributed by atoms with Crippen LogP contribution in [0.2, 0.25) is 0 Å². The van der Waals surface area contributed by atoms with E-state index in [1.54, 1.807) is 24.3 Å². The molecule has 0 radical (unpaired) electrons. The fourth-order valence-electron chi connectivity index (χ4n) is 4.55. The van der Waals surface area contributed by atoms with E-state index >= 15 is 0 Å². The Bertz CT molecular complexity index is 1320. The van der Waals surface area contributed by atoms with Gasteiger partial charge < -0.3 is 19.3 Å². The molecule has 1 atom stereocenters. The number of morpholine rings is 1. The van der Waals surface area contributed by atoms with Crippen molar-refractivity contribution in [1.29, 1.82) is 0 Å². The minimum absolute atomic E-state index is 0.128. The summed E-state index contributed by atoms with van der Waals surface area (Å²) in [6.45, 7) is 10.1. The predicted molar refractivity (Wildman–Crippen MR) is 156 cm³/mol. The number of ether oxygens (including phenoxy) is 3. The Labute approximate surface area is 235 Å². The second-order valence-electron chi connectivity index (χ2n) is 10.8. The summed E-state index contributed by atoms with van der Waals surface area (Å²) in [6, 6.07) is 19.6. The third-order valence-electron chi connectivity index (χ3n) is 6.55.